The molecule has 3 amide bonds. The Balaban J connectivity index is 1.76. The van der Waals surface area contributed by atoms with Crippen molar-refractivity contribution in [2.24, 2.45) is 0 Å². The number of rotatable bonds is 10. The van der Waals surface area contributed by atoms with E-state index in [1.807, 2.05) is 0 Å². The van der Waals surface area contributed by atoms with Gasteiger partial charge >= 0.3 is 24.2 Å². The average Bonchev–Trinajstić information content (AvgIpc) is 3.49. The van der Waals surface area contributed by atoms with E-state index in [0.29, 0.717) is 16.7 Å². The zero-order valence-corrected chi connectivity index (χ0v) is 38.2. The van der Waals surface area contributed by atoms with Gasteiger partial charge in [0.05, 0.1) is 29.2 Å². The van der Waals surface area contributed by atoms with Gasteiger partial charge in [0.2, 0.25) is 5.95 Å². The molecule has 0 unspecified atom stereocenters. The van der Waals surface area contributed by atoms with Crippen LogP contribution in [0, 0.1) is 0 Å². The van der Waals surface area contributed by atoms with E-state index in [-0.39, 0.29) is 39.7 Å². The Labute approximate surface area is 360 Å². The van der Waals surface area contributed by atoms with E-state index in [1.165, 1.54) is 30.5 Å². The molecule has 19 heteroatoms. The number of anilines is 2. The van der Waals surface area contributed by atoms with Crippen LogP contribution in [0.1, 0.15) is 83.1 Å². The minimum absolute atomic E-state index is 0.0867. The minimum Gasteiger partial charge on any atom is -0.459 e. The van der Waals surface area contributed by atoms with Crippen molar-refractivity contribution in [2.75, 3.05) is 28.8 Å². The molecule has 4 aromatic rings. The summed E-state index contributed by atoms with van der Waals surface area (Å²) in [7, 11) is -4.42. The lowest BCUT2D eigenvalue weighted by Crippen LogP contribution is -2.48. The summed E-state index contributed by atoms with van der Waals surface area (Å²) >= 11 is 12.3. The fraction of sp³-hybridized carbons (Fsp3) is 0.463. The van der Waals surface area contributed by atoms with Crippen LogP contribution in [0.2, 0.25) is 10.0 Å². The molecule has 2 heterocycles. The number of esters is 1. The van der Waals surface area contributed by atoms with Crippen LogP contribution in [0.25, 0.3) is 16.7 Å². The van der Waals surface area contributed by atoms with Gasteiger partial charge < -0.3 is 23.5 Å². The number of halogens is 2. The van der Waals surface area contributed by atoms with Gasteiger partial charge in [-0.05, 0) is 132 Å². The molecule has 0 saturated carbocycles. The number of hydrogen-bond donors (Lipinski definition) is 0. The van der Waals surface area contributed by atoms with Gasteiger partial charge in [0.15, 0.2) is 0 Å². The topological polar surface area (TPSA) is 180 Å². The summed E-state index contributed by atoms with van der Waals surface area (Å²) in [5.41, 5.74) is -3.03. The maximum Gasteiger partial charge on any atom is 0.419 e. The molecule has 2 aromatic carbocycles. The summed E-state index contributed by atoms with van der Waals surface area (Å²) in [5.74, 6) is -0.622. The highest BCUT2D eigenvalue weighted by molar-refractivity contribution is 7.92. The zero-order valence-electron chi connectivity index (χ0n) is 35.8. The van der Waals surface area contributed by atoms with E-state index in [0.717, 1.165) is 14.1 Å². The molecule has 0 saturated heterocycles. The minimum atomic E-state index is -4.42. The number of carbonyl (C=O) groups excluding carboxylic acids is 4. The second-order valence-corrected chi connectivity index (χ2v) is 20.3. The number of aromatic nitrogens is 3. The monoisotopic (exact) mass is 890 g/mol. The first-order chi connectivity index (χ1) is 27.4. The van der Waals surface area contributed by atoms with Crippen molar-refractivity contribution in [3.05, 3.63) is 71.0 Å². The summed E-state index contributed by atoms with van der Waals surface area (Å²) in [5, 5.41) is 0.725. The van der Waals surface area contributed by atoms with Crippen molar-refractivity contribution >= 4 is 80.0 Å². The number of imide groups is 1. The number of fused-ring (bicyclic) bond motifs is 1. The van der Waals surface area contributed by atoms with Gasteiger partial charge in [-0.2, -0.15) is 4.98 Å². The molecule has 2 aromatic heterocycles. The second kappa shape index (κ2) is 17.8. The van der Waals surface area contributed by atoms with Gasteiger partial charge in [-0.15, -0.1) is 0 Å². The van der Waals surface area contributed by atoms with Crippen molar-refractivity contribution in [1.82, 2.24) is 19.4 Å². The van der Waals surface area contributed by atoms with Gasteiger partial charge in [-0.1, -0.05) is 23.2 Å². The number of sulfonamides is 1. The van der Waals surface area contributed by atoms with E-state index in [1.54, 1.807) is 118 Å². The lowest BCUT2D eigenvalue weighted by molar-refractivity contribution is -0.152. The van der Waals surface area contributed by atoms with Gasteiger partial charge in [-0.25, -0.2) is 37.6 Å². The molecule has 326 valence electrons. The highest BCUT2D eigenvalue weighted by Crippen LogP contribution is 2.32. The van der Waals surface area contributed by atoms with E-state index in [2.05, 4.69) is 9.97 Å². The van der Waals surface area contributed by atoms with E-state index >= 15 is 0 Å². The summed E-state index contributed by atoms with van der Waals surface area (Å²) < 4.78 is 53.0. The Kier molecular flexibility index (Phi) is 14.1. The van der Waals surface area contributed by atoms with Gasteiger partial charge in [0.25, 0.3) is 10.0 Å². The molecule has 0 aliphatic heterocycles. The third kappa shape index (κ3) is 13.2. The Morgan fingerprint density at radius 1 is 0.683 bits per heavy atom. The van der Waals surface area contributed by atoms with E-state index in [9.17, 15) is 27.6 Å². The Bertz CT molecular complexity index is 2310. The highest BCUT2D eigenvalue weighted by atomic mass is 35.5. The molecular weight excluding hydrogens is 839 g/mol. The standard InChI is InChI=1S/C41H52Cl2N6O10S/c1-38(2,3)56-33(50)25-49(60(54,55)30-23-27(42)22-28(43)24-30)29-13-14-31-26(21-29)16-18-46(31)32-15-17-44-34(45-32)47(35(51)57-39(4,5)6)19-20-48(36(52)58-40(7,8)9)37(53)59-41(10,11)12/h13-18,21-24H,19-20,25H2,1-12H3. The van der Waals surface area contributed by atoms with Crippen LogP contribution in [0.3, 0.4) is 0 Å². The van der Waals surface area contributed by atoms with Crippen LogP contribution in [-0.2, 0) is 33.8 Å². The Hall–Kier alpha value is -5.13. The van der Waals surface area contributed by atoms with E-state index < -0.39 is 63.2 Å². The zero-order chi connectivity index (χ0) is 45.2. The molecule has 0 aliphatic carbocycles. The summed E-state index contributed by atoms with van der Waals surface area (Å²) in [6.45, 7) is 18.6. The van der Waals surface area contributed by atoms with Crippen molar-refractivity contribution in [2.45, 2.75) is 110 Å². The molecule has 0 spiro atoms. The number of hydrogen-bond acceptors (Lipinski definition) is 12. The molecule has 0 aliphatic rings. The van der Waals surface area contributed by atoms with Gasteiger partial charge in [0.1, 0.15) is 34.8 Å². The lowest BCUT2D eigenvalue weighted by atomic mass is 10.2. The van der Waals surface area contributed by atoms with Crippen LogP contribution in [0.5, 0.6) is 0 Å². The first-order valence-electron chi connectivity index (χ1n) is 18.8. The predicted molar refractivity (Wildman–Crippen MR) is 228 cm³/mol. The van der Waals surface area contributed by atoms with Crippen LogP contribution in [-0.4, -0.2) is 94.1 Å². The summed E-state index contributed by atoms with van der Waals surface area (Å²) in [6, 6.07) is 11.9. The number of ether oxygens (including phenoxy) is 4. The molecule has 0 N–H and O–H groups in total. The normalized spacial score (nSPS) is 12.4. The number of benzene rings is 2. The molecule has 0 atom stereocenters. The van der Waals surface area contributed by atoms with Crippen LogP contribution in [0.4, 0.5) is 26.0 Å². The third-order valence-electron chi connectivity index (χ3n) is 7.58. The predicted octanol–water partition coefficient (Wildman–Crippen LogP) is 9.18. The largest absolute Gasteiger partial charge is 0.459 e. The highest BCUT2D eigenvalue weighted by Gasteiger charge is 2.34. The first-order valence-corrected chi connectivity index (χ1v) is 21.0. The van der Waals surface area contributed by atoms with Crippen molar-refractivity contribution in [3.8, 4) is 5.82 Å². The molecule has 4 rings (SSSR count). The quantitative estimate of drug-likeness (QED) is 0.109. The Morgan fingerprint density at radius 3 is 1.75 bits per heavy atom. The Morgan fingerprint density at radius 2 is 1.22 bits per heavy atom. The van der Waals surface area contributed by atoms with Crippen molar-refractivity contribution < 1.29 is 46.5 Å². The number of amides is 3. The average molecular weight is 892 g/mol. The molecule has 60 heavy (non-hydrogen) atoms. The fourth-order valence-corrected chi connectivity index (χ4v) is 7.51. The SMILES string of the molecule is CC(C)(C)OC(=O)CN(c1ccc2c(ccn2-c2ccnc(N(CCN(C(=O)OC(C)(C)C)C(=O)OC(C)(C)C)C(=O)OC(C)(C)C)n2)c1)S(=O)(=O)c1cc(Cl)cc(Cl)c1. The molecule has 0 radical (unpaired) electrons. The number of carbonyl (C=O) groups is 4. The maximum absolute atomic E-state index is 14.1. The van der Waals surface area contributed by atoms with E-state index in [4.69, 9.17) is 42.1 Å². The first kappa shape index (κ1) is 47.5. The smallest absolute Gasteiger partial charge is 0.419 e. The van der Waals surface area contributed by atoms with Crippen LogP contribution >= 0.6 is 23.2 Å². The number of nitrogens with zero attached hydrogens (tertiary/aromatic N) is 6. The fourth-order valence-electron chi connectivity index (χ4n) is 5.38. The third-order valence-corrected chi connectivity index (χ3v) is 9.77. The second-order valence-electron chi connectivity index (χ2n) is 17.6. The summed E-state index contributed by atoms with van der Waals surface area (Å²) in [6.07, 6.45) is 0.265. The summed E-state index contributed by atoms with van der Waals surface area (Å²) in [4.78, 5) is 63.9. The molecule has 0 bridgehead atoms. The van der Waals surface area contributed by atoms with Crippen molar-refractivity contribution in [3.63, 3.8) is 0 Å². The van der Waals surface area contributed by atoms with Crippen molar-refractivity contribution in [1.29, 1.82) is 0 Å². The van der Waals surface area contributed by atoms with Gasteiger partial charge in [-0.3, -0.25) is 9.10 Å². The van der Waals surface area contributed by atoms with Crippen LogP contribution in [0.15, 0.2) is 65.8 Å². The molecule has 0 fully saturated rings. The maximum atomic E-state index is 14.1. The van der Waals surface area contributed by atoms with Crippen LogP contribution < -0.4 is 9.21 Å². The molecular formula is C41H52Cl2N6O10S. The van der Waals surface area contributed by atoms with Gasteiger partial charge in [0, 0.05) is 27.8 Å². The lowest BCUT2D eigenvalue weighted by Gasteiger charge is -2.30. The molecule has 16 nitrogen and oxygen atoms in total.